The molecule has 0 spiro atoms. The lowest BCUT2D eigenvalue weighted by Gasteiger charge is -2.29. The van der Waals surface area contributed by atoms with Gasteiger partial charge in [-0.15, -0.1) is 0 Å². The maximum absolute atomic E-state index is 13.2. The topological polar surface area (TPSA) is 105 Å². The zero-order chi connectivity index (χ0) is 20.1. The van der Waals surface area contributed by atoms with Crippen molar-refractivity contribution in [1.29, 1.82) is 0 Å². The van der Waals surface area contributed by atoms with Gasteiger partial charge in [0.15, 0.2) is 11.5 Å². The minimum Gasteiger partial charge on any atom is -0.486 e. The van der Waals surface area contributed by atoms with E-state index >= 15 is 0 Å². The van der Waals surface area contributed by atoms with Crippen LogP contribution in [0.4, 0.5) is 5.69 Å². The maximum atomic E-state index is 13.2. The molecule has 3 fully saturated rings. The molecule has 29 heavy (non-hydrogen) atoms. The van der Waals surface area contributed by atoms with Gasteiger partial charge in [-0.3, -0.25) is 24.5 Å². The number of rotatable bonds is 4. The summed E-state index contributed by atoms with van der Waals surface area (Å²) in [4.78, 5) is 52.8. The highest BCUT2D eigenvalue weighted by molar-refractivity contribution is 6.07. The van der Waals surface area contributed by atoms with Crippen LogP contribution in [0.5, 0.6) is 11.5 Å². The van der Waals surface area contributed by atoms with Gasteiger partial charge in [-0.1, -0.05) is 0 Å². The lowest BCUT2D eigenvalue weighted by molar-refractivity contribution is -0.142. The number of amides is 4. The van der Waals surface area contributed by atoms with Crippen LogP contribution in [-0.4, -0.2) is 60.4 Å². The Kier molecular flexibility index (Phi) is 4.18. The van der Waals surface area contributed by atoms with Crippen LogP contribution in [0.25, 0.3) is 0 Å². The van der Waals surface area contributed by atoms with E-state index in [9.17, 15) is 19.2 Å². The van der Waals surface area contributed by atoms with E-state index in [1.54, 1.807) is 28.0 Å². The molecule has 152 valence electrons. The van der Waals surface area contributed by atoms with Crippen molar-refractivity contribution < 1.29 is 28.7 Å². The third kappa shape index (κ3) is 3.20. The molecule has 2 atom stereocenters. The summed E-state index contributed by atoms with van der Waals surface area (Å²) in [6.45, 7) is 1.17. The smallest absolute Gasteiger partial charge is 0.249 e. The van der Waals surface area contributed by atoms with Crippen LogP contribution >= 0.6 is 0 Å². The van der Waals surface area contributed by atoms with Crippen molar-refractivity contribution in [2.75, 3.05) is 24.7 Å². The minimum atomic E-state index is -0.763. The molecular weight excluding hydrogens is 378 g/mol. The Bertz CT molecular complexity index is 911. The summed E-state index contributed by atoms with van der Waals surface area (Å²) in [5.74, 6) is -0.492. The third-order valence-electron chi connectivity index (χ3n) is 5.79. The van der Waals surface area contributed by atoms with E-state index in [2.05, 4.69) is 5.32 Å². The van der Waals surface area contributed by atoms with Crippen LogP contribution in [0, 0.1) is 5.92 Å². The van der Waals surface area contributed by atoms with Crippen LogP contribution in [0.15, 0.2) is 18.2 Å². The minimum absolute atomic E-state index is 0.00633. The molecule has 4 amide bonds. The molecule has 1 aromatic rings. The van der Waals surface area contributed by atoms with Gasteiger partial charge in [0.2, 0.25) is 23.6 Å². The molecule has 1 aliphatic carbocycles. The summed E-state index contributed by atoms with van der Waals surface area (Å²) in [5, 5.41) is 2.27. The second kappa shape index (κ2) is 6.75. The number of nitrogens with one attached hydrogen (secondary N) is 1. The summed E-state index contributed by atoms with van der Waals surface area (Å²) in [5.41, 5.74) is 0.654. The van der Waals surface area contributed by atoms with Gasteiger partial charge < -0.3 is 19.3 Å². The largest absolute Gasteiger partial charge is 0.486 e. The molecule has 9 heteroatoms. The number of fused-ring (bicyclic) bond motifs is 1. The summed E-state index contributed by atoms with van der Waals surface area (Å²) in [6.07, 6.45) is 1.71. The normalized spacial score (nSPS) is 25.9. The van der Waals surface area contributed by atoms with Crippen molar-refractivity contribution in [3.63, 3.8) is 0 Å². The number of benzene rings is 1. The van der Waals surface area contributed by atoms with Crippen LogP contribution in [-0.2, 0) is 19.2 Å². The average molecular weight is 399 g/mol. The van der Waals surface area contributed by atoms with Gasteiger partial charge >= 0.3 is 0 Å². The first-order valence-corrected chi connectivity index (χ1v) is 9.87. The number of hydrogen-bond acceptors (Lipinski definition) is 6. The molecule has 3 heterocycles. The van der Waals surface area contributed by atoms with E-state index in [-0.39, 0.29) is 43.1 Å². The predicted molar refractivity (Wildman–Crippen MR) is 99.3 cm³/mol. The highest BCUT2D eigenvalue weighted by Gasteiger charge is 2.48. The van der Waals surface area contributed by atoms with E-state index in [1.165, 1.54) is 0 Å². The first-order valence-electron chi connectivity index (χ1n) is 9.87. The quantitative estimate of drug-likeness (QED) is 0.726. The van der Waals surface area contributed by atoms with Crippen molar-refractivity contribution in [3.8, 4) is 11.5 Å². The third-order valence-corrected chi connectivity index (χ3v) is 5.79. The Balaban J connectivity index is 1.35. The van der Waals surface area contributed by atoms with E-state index in [1.807, 2.05) is 0 Å². The van der Waals surface area contributed by atoms with Crippen LogP contribution in [0.3, 0.4) is 0 Å². The Morgan fingerprint density at radius 2 is 1.83 bits per heavy atom. The van der Waals surface area contributed by atoms with Gasteiger partial charge in [0.25, 0.3) is 0 Å². The molecule has 3 aliphatic heterocycles. The van der Waals surface area contributed by atoms with Gasteiger partial charge in [0.05, 0.1) is 12.3 Å². The molecule has 0 unspecified atom stereocenters. The lowest BCUT2D eigenvalue weighted by atomic mass is 10.0. The summed E-state index contributed by atoms with van der Waals surface area (Å²) < 4.78 is 11.1. The number of nitrogens with zero attached hydrogens (tertiary/aromatic N) is 2. The standard InChI is InChI=1S/C20H21N3O6/c24-17-9-14(19(26)21-17)23(12-1-2-12)20(27)11-7-18(25)22(10-11)13-3-4-15-16(8-13)29-6-5-28-15/h3-4,8,11-12,14H,1-2,5-7,9-10H2,(H,21,24,26)/t11-,14-/m0/s1. The van der Waals surface area contributed by atoms with Crippen LogP contribution < -0.4 is 19.7 Å². The molecule has 1 saturated carbocycles. The fourth-order valence-corrected chi connectivity index (χ4v) is 4.24. The van der Waals surface area contributed by atoms with Crippen LogP contribution in [0.2, 0.25) is 0 Å². The van der Waals surface area contributed by atoms with Gasteiger partial charge in [-0.05, 0) is 25.0 Å². The first-order chi connectivity index (χ1) is 14.0. The Morgan fingerprint density at radius 1 is 1.07 bits per heavy atom. The lowest BCUT2D eigenvalue weighted by Crippen LogP contribution is -2.48. The van der Waals surface area contributed by atoms with Gasteiger partial charge in [-0.25, -0.2) is 0 Å². The summed E-state index contributed by atoms with van der Waals surface area (Å²) in [6, 6.07) is 4.50. The predicted octanol–water partition coefficient (Wildman–Crippen LogP) is 0.217. The van der Waals surface area contributed by atoms with E-state index in [4.69, 9.17) is 9.47 Å². The molecule has 0 aromatic heterocycles. The Labute approximate surface area is 166 Å². The number of hydrogen-bond donors (Lipinski definition) is 1. The van der Waals surface area contributed by atoms with Gasteiger partial charge in [0, 0.05) is 30.8 Å². The molecule has 1 aromatic carbocycles. The molecule has 2 saturated heterocycles. The number of carbonyl (C=O) groups excluding carboxylic acids is 4. The van der Waals surface area contributed by atoms with E-state index < -0.39 is 17.9 Å². The van der Waals surface area contributed by atoms with Crippen molar-refractivity contribution in [2.45, 2.75) is 37.8 Å². The van der Waals surface area contributed by atoms with E-state index in [0.717, 1.165) is 12.8 Å². The number of anilines is 1. The zero-order valence-corrected chi connectivity index (χ0v) is 15.8. The molecule has 0 bridgehead atoms. The SMILES string of the molecule is O=C1C[C@H](N(C(=O)[C@H]2CC(=O)N(c3ccc4c(c3)OCCO4)C2)C2CC2)C(=O)N1. The fourth-order valence-electron chi connectivity index (χ4n) is 4.24. The maximum Gasteiger partial charge on any atom is 0.249 e. The molecule has 0 radical (unpaired) electrons. The molecule has 1 N–H and O–H groups in total. The Morgan fingerprint density at radius 3 is 2.52 bits per heavy atom. The molecule has 4 aliphatic rings. The summed E-state index contributed by atoms with van der Waals surface area (Å²) >= 11 is 0. The molecule has 5 rings (SSSR count). The van der Waals surface area contributed by atoms with Crippen molar-refractivity contribution >= 4 is 29.3 Å². The fraction of sp³-hybridized carbons (Fsp3) is 0.500. The second-order valence-corrected chi connectivity index (χ2v) is 7.84. The zero-order valence-electron chi connectivity index (χ0n) is 15.8. The van der Waals surface area contributed by atoms with Crippen molar-refractivity contribution in [1.82, 2.24) is 10.2 Å². The Hall–Kier alpha value is -3.10. The number of carbonyl (C=O) groups is 4. The molecular formula is C20H21N3O6. The highest BCUT2D eigenvalue weighted by Crippen LogP contribution is 2.38. The number of ether oxygens (including phenoxy) is 2. The van der Waals surface area contributed by atoms with Gasteiger partial charge in [-0.2, -0.15) is 0 Å². The van der Waals surface area contributed by atoms with Crippen molar-refractivity contribution in [3.05, 3.63) is 18.2 Å². The average Bonchev–Trinajstić information content (AvgIpc) is 3.38. The van der Waals surface area contributed by atoms with E-state index in [0.29, 0.717) is 30.4 Å². The highest BCUT2D eigenvalue weighted by atomic mass is 16.6. The molecule has 9 nitrogen and oxygen atoms in total. The second-order valence-electron chi connectivity index (χ2n) is 7.84. The van der Waals surface area contributed by atoms with Crippen molar-refractivity contribution in [2.24, 2.45) is 5.92 Å². The van der Waals surface area contributed by atoms with Gasteiger partial charge in [0.1, 0.15) is 19.3 Å². The monoisotopic (exact) mass is 399 g/mol. The number of imide groups is 1. The first kappa shape index (κ1) is 18.0. The van der Waals surface area contributed by atoms with Crippen LogP contribution in [0.1, 0.15) is 25.7 Å². The summed E-state index contributed by atoms with van der Waals surface area (Å²) in [7, 11) is 0.